The van der Waals surface area contributed by atoms with Crippen LogP contribution in [-0.2, 0) is 25.7 Å². The predicted octanol–water partition coefficient (Wildman–Crippen LogP) is 5.06. The second-order valence-corrected chi connectivity index (χ2v) is 9.91. The summed E-state index contributed by atoms with van der Waals surface area (Å²) in [4.78, 5) is 26.7. The summed E-state index contributed by atoms with van der Waals surface area (Å²) in [6.45, 7) is 6.93. The molecule has 35 heavy (non-hydrogen) atoms. The van der Waals surface area contributed by atoms with Gasteiger partial charge in [0.25, 0.3) is 0 Å². The van der Waals surface area contributed by atoms with Crippen molar-refractivity contribution in [2.24, 2.45) is 5.41 Å². The van der Waals surface area contributed by atoms with Gasteiger partial charge in [0.2, 0.25) is 0 Å². The molecule has 0 spiro atoms. The summed E-state index contributed by atoms with van der Waals surface area (Å²) >= 11 is 0. The molecule has 6 nitrogen and oxygen atoms in total. The SMILES string of the molecule is COCCOC(=O)C1=C(C)NC2=C(C(=O)CC(C)(C)C2)[C@@H]1c1cccc(OCc2ccccc2)c1. The Hall–Kier alpha value is -3.38. The molecule has 0 unspecified atom stereocenters. The number of carbonyl (C=O) groups excluding carboxylic acids is 2. The molecule has 4 rings (SSSR count). The van der Waals surface area contributed by atoms with E-state index in [1.165, 1.54) is 0 Å². The molecule has 0 aromatic heterocycles. The zero-order valence-electron chi connectivity index (χ0n) is 20.9. The number of hydrogen-bond acceptors (Lipinski definition) is 6. The van der Waals surface area contributed by atoms with E-state index >= 15 is 0 Å². The first kappa shape index (κ1) is 24.7. The molecule has 0 saturated heterocycles. The lowest BCUT2D eigenvalue weighted by Gasteiger charge is -2.39. The number of ketones is 1. The Balaban J connectivity index is 1.71. The molecule has 1 aliphatic carbocycles. The van der Waals surface area contributed by atoms with Crippen molar-refractivity contribution in [3.05, 3.63) is 88.3 Å². The van der Waals surface area contributed by atoms with Gasteiger partial charge in [-0.3, -0.25) is 4.79 Å². The number of allylic oxidation sites excluding steroid dienone is 3. The van der Waals surface area contributed by atoms with Crippen LogP contribution in [0.4, 0.5) is 0 Å². The van der Waals surface area contributed by atoms with Crippen LogP contribution >= 0.6 is 0 Å². The Morgan fingerprint density at radius 2 is 1.83 bits per heavy atom. The molecule has 1 aliphatic heterocycles. The Bertz CT molecular complexity index is 1160. The quantitative estimate of drug-likeness (QED) is 0.425. The minimum atomic E-state index is -0.523. The highest BCUT2D eigenvalue weighted by atomic mass is 16.6. The summed E-state index contributed by atoms with van der Waals surface area (Å²) in [6, 6.07) is 17.6. The maximum atomic E-state index is 13.4. The highest BCUT2D eigenvalue weighted by Crippen LogP contribution is 2.47. The van der Waals surface area contributed by atoms with E-state index in [1.807, 2.05) is 61.5 Å². The number of Topliss-reactive ketones (excluding diaryl/α,β-unsaturated/α-hetero) is 1. The lowest BCUT2D eigenvalue weighted by Crippen LogP contribution is -2.38. The van der Waals surface area contributed by atoms with Crippen molar-refractivity contribution in [1.29, 1.82) is 0 Å². The largest absolute Gasteiger partial charge is 0.489 e. The monoisotopic (exact) mass is 475 g/mol. The number of esters is 1. The van der Waals surface area contributed by atoms with Gasteiger partial charge in [0.15, 0.2) is 5.78 Å². The van der Waals surface area contributed by atoms with E-state index in [2.05, 4.69) is 19.2 Å². The van der Waals surface area contributed by atoms with Gasteiger partial charge in [0.05, 0.1) is 12.2 Å². The van der Waals surface area contributed by atoms with E-state index in [1.54, 1.807) is 7.11 Å². The number of benzene rings is 2. The zero-order valence-corrected chi connectivity index (χ0v) is 20.9. The van der Waals surface area contributed by atoms with Crippen molar-refractivity contribution in [2.75, 3.05) is 20.3 Å². The molecule has 2 aromatic rings. The number of ether oxygens (including phenoxy) is 3. The third-order valence-electron chi connectivity index (χ3n) is 6.42. The summed E-state index contributed by atoms with van der Waals surface area (Å²) < 4.78 is 16.6. The average Bonchev–Trinajstić information content (AvgIpc) is 2.82. The Labute approximate surface area is 207 Å². The second kappa shape index (κ2) is 10.5. The highest BCUT2D eigenvalue weighted by molar-refractivity contribution is 6.04. The van der Waals surface area contributed by atoms with Gasteiger partial charge in [-0.05, 0) is 42.0 Å². The minimum Gasteiger partial charge on any atom is -0.489 e. The van der Waals surface area contributed by atoms with Crippen LogP contribution in [0.1, 0.15) is 50.7 Å². The molecule has 1 atom stereocenters. The first-order chi connectivity index (χ1) is 16.8. The summed E-state index contributed by atoms with van der Waals surface area (Å²) in [5.74, 6) is -0.235. The number of carbonyl (C=O) groups is 2. The number of hydrogen-bond donors (Lipinski definition) is 1. The lowest BCUT2D eigenvalue weighted by atomic mass is 9.68. The molecule has 1 heterocycles. The lowest BCUT2D eigenvalue weighted by molar-refractivity contribution is -0.140. The first-order valence-corrected chi connectivity index (χ1v) is 12.0. The minimum absolute atomic E-state index is 0.0547. The molecule has 0 fully saturated rings. The van der Waals surface area contributed by atoms with Gasteiger partial charge < -0.3 is 19.5 Å². The van der Waals surface area contributed by atoms with Crippen LogP contribution in [0.3, 0.4) is 0 Å². The van der Waals surface area contributed by atoms with Gasteiger partial charge in [-0.25, -0.2) is 4.79 Å². The highest BCUT2D eigenvalue weighted by Gasteiger charge is 2.43. The molecule has 0 saturated carbocycles. The van der Waals surface area contributed by atoms with Gasteiger partial charge in [0, 0.05) is 36.4 Å². The van der Waals surface area contributed by atoms with E-state index in [-0.39, 0.29) is 17.8 Å². The van der Waals surface area contributed by atoms with Crippen molar-refractivity contribution >= 4 is 11.8 Å². The molecule has 0 radical (unpaired) electrons. The van der Waals surface area contributed by atoms with Crippen LogP contribution in [0, 0.1) is 5.41 Å². The molecule has 2 aliphatic rings. The van der Waals surface area contributed by atoms with Crippen LogP contribution in [-0.4, -0.2) is 32.1 Å². The second-order valence-electron chi connectivity index (χ2n) is 9.91. The third-order valence-corrected chi connectivity index (χ3v) is 6.42. The summed E-state index contributed by atoms with van der Waals surface area (Å²) in [5, 5.41) is 3.36. The first-order valence-electron chi connectivity index (χ1n) is 12.0. The molecular formula is C29H33NO5. The maximum Gasteiger partial charge on any atom is 0.336 e. The fourth-order valence-corrected chi connectivity index (χ4v) is 4.86. The van der Waals surface area contributed by atoms with E-state index in [4.69, 9.17) is 14.2 Å². The van der Waals surface area contributed by atoms with Crippen LogP contribution in [0.5, 0.6) is 5.75 Å². The van der Waals surface area contributed by atoms with Crippen molar-refractivity contribution in [3.63, 3.8) is 0 Å². The fourth-order valence-electron chi connectivity index (χ4n) is 4.86. The zero-order chi connectivity index (χ0) is 25.0. The van der Waals surface area contributed by atoms with E-state index < -0.39 is 11.9 Å². The predicted molar refractivity (Wildman–Crippen MR) is 134 cm³/mol. The summed E-state index contributed by atoms with van der Waals surface area (Å²) in [6.07, 6.45) is 1.16. The summed E-state index contributed by atoms with van der Waals surface area (Å²) in [5.41, 5.74) is 4.44. The molecule has 0 amide bonds. The number of rotatable bonds is 8. The number of dihydropyridines is 1. The molecule has 6 heteroatoms. The topological polar surface area (TPSA) is 73.9 Å². The van der Waals surface area contributed by atoms with Crippen molar-refractivity contribution in [3.8, 4) is 5.75 Å². The van der Waals surface area contributed by atoms with Gasteiger partial charge in [-0.2, -0.15) is 0 Å². The fraction of sp³-hybridized carbons (Fsp3) is 0.379. The number of nitrogens with one attached hydrogen (secondary N) is 1. The Morgan fingerprint density at radius 1 is 1.06 bits per heavy atom. The average molecular weight is 476 g/mol. The van der Waals surface area contributed by atoms with Gasteiger partial charge in [0.1, 0.15) is 19.0 Å². The van der Waals surface area contributed by atoms with E-state index in [0.717, 1.165) is 23.2 Å². The van der Waals surface area contributed by atoms with E-state index in [9.17, 15) is 9.59 Å². The van der Waals surface area contributed by atoms with Crippen molar-refractivity contribution in [2.45, 2.75) is 46.1 Å². The van der Waals surface area contributed by atoms with Gasteiger partial charge in [-0.15, -0.1) is 0 Å². The Kier molecular flexibility index (Phi) is 7.41. The molecule has 1 N–H and O–H groups in total. The summed E-state index contributed by atoms with van der Waals surface area (Å²) in [7, 11) is 1.56. The van der Waals surface area contributed by atoms with Crippen LogP contribution in [0.15, 0.2) is 77.1 Å². The smallest absolute Gasteiger partial charge is 0.336 e. The van der Waals surface area contributed by atoms with Crippen LogP contribution in [0.2, 0.25) is 0 Å². The molecular weight excluding hydrogens is 442 g/mol. The normalized spacial score (nSPS) is 19.2. The van der Waals surface area contributed by atoms with Crippen LogP contribution < -0.4 is 10.1 Å². The molecule has 184 valence electrons. The number of methoxy groups -OCH3 is 1. The standard InChI is InChI=1S/C29H33NO5/c1-19-25(28(32)34-14-13-33-4)26(27-23(30-19)16-29(2,3)17-24(27)31)21-11-8-12-22(15-21)35-18-20-9-6-5-7-10-20/h5-12,15,26,30H,13-14,16-18H2,1-4H3/t26-/m1/s1. The van der Waals surface area contributed by atoms with Crippen LogP contribution in [0.25, 0.3) is 0 Å². The third kappa shape index (κ3) is 5.65. The van der Waals surface area contributed by atoms with Gasteiger partial charge >= 0.3 is 5.97 Å². The van der Waals surface area contributed by atoms with Gasteiger partial charge in [-0.1, -0.05) is 56.3 Å². The van der Waals surface area contributed by atoms with E-state index in [0.29, 0.717) is 42.2 Å². The molecule has 0 bridgehead atoms. The Morgan fingerprint density at radius 3 is 2.57 bits per heavy atom. The maximum absolute atomic E-state index is 13.4. The van der Waals surface area contributed by atoms with Crippen molar-refractivity contribution < 1.29 is 23.8 Å². The van der Waals surface area contributed by atoms with Crippen molar-refractivity contribution in [1.82, 2.24) is 5.32 Å². The molecule has 2 aromatic carbocycles.